The average molecular weight is 239 g/mol. The van der Waals surface area contributed by atoms with E-state index in [9.17, 15) is 5.11 Å². The summed E-state index contributed by atoms with van der Waals surface area (Å²) in [5.41, 5.74) is 0. The summed E-state index contributed by atoms with van der Waals surface area (Å²) >= 11 is 0. The predicted molar refractivity (Wildman–Crippen MR) is 71.9 cm³/mol. The Morgan fingerprint density at radius 1 is 1.12 bits per heavy atom. The van der Waals surface area contributed by atoms with Gasteiger partial charge in [-0.25, -0.2) is 0 Å². The number of hydrogen-bond donors (Lipinski definition) is 2. The molecule has 2 fully saturated rings. The van der Waals surface area contributed by atoms with Crippen LogP contribution in [0.1, 0.15) is 58.8 Å². The first-order valence-corrected chi connectivity index (χ1v) is 7.56. The summed E-state index contributed by atoms with van der Waals surface area (Å²) in [5, 5.41) is 13.3. The number of hydrogen-bond acceptors (Lipinski definition) is 2. The van der Waals surface area contributed by atoms with E-state index in [4.69, 9.17) is 0 Å². The summed E-state index contributed by atoms with van der Waals surface area (Å²) in [4.78, 5) is 0. The van der Waals surface area contributed by atoms with Crippen LogP contribution in [0.4, 0.5) is 0 Å². The number of nitrogens with one attached hydrogen (secondary N) is 1. The van der Waals surface area contributed by atoms with Gasteiger partial charge in [0.05, 0.1) is 6.10 Å². The first-order chi connectivity index (χ1) is 8.15. The highest BCUT2D eigenvalue weighted by atomic mass is 16.3. The van der Waals surface area contributed by atoms with Gasteiger partial charge in [0.15, 0.2) is 0 Å². The third-order valence-corrected chi connectivity index (χ3v) is 4.87. The molecule has 4 atom stereocenters. The molecule has 0 bridgehead atoms. The van der Waals surface area contributed by atoms with Crippen LogP contribution in [0.25, 0.3) is 0 Å². The Hall–Kier alpha value is -0.0800. The van der Waals surface area contributed by atoms with Gasteiger partial charge < -0.3 is 10.4 Å². The van der Waals surface area contributed by atoms with Crippen LogP contribution in [0.2, 0.25) is 0 Å². The molecule has 0 amide bonds. The molecule has 2 N–H and O–H groups in total. The summed E-state index contributed by atoms with van der Waals surface area (Å²) in [6.45, 7) is 5.85. The summed E-state index contributed by atoms with van der Waals surface area (Å²) in [5.74, 6) is 2.49. The minimum Gasteiger partial charge on any atom is -0.393 e. The lowest BCUT2D eigenvalue weighted by Gasteiger charge is -2.32. The Morgan fingerprint density at radius 3 is 2.59 bits per heavy atom. The molecule has 0 heterocycles. The summed E-state index contributed by atoms with van der Waals surface area (Å²) < 4.78 is 0. The van der Waals surface area contributed by atoms with Gasteiger partial charge in [0.1, 0.15) is 0 Å². The van der Waals surface area contributed by atoms with E-state index >= 15 is 0 Å². The quantitative estimate of drug-likeness (QED) is 0.790. The van der Waals surface area contributed by atoms with Gasteiger partial charge in [-0.05, 0) is 56.4 Å². The Morgan fingerprint density at radius 2 is 1.94 bits per heavy atom. The smallest absolute Gasteiger partial charge is 0.0543 e. The van der Waals surface area contributed by atoms with Gasteiger partial charge in [-0.2, -0.15) is 0 Å². The maximum absolute atomic E-state index is 9.52. The van der Waals surface area contributed by atoms with Crippen LogP contribution in [-0.2, 0) is 0 Å². The fourth-order valence-corrected chi connectivity index (χ4v) is 3.59. The third-order valence-electron chi connectivity index (χ3n) is 4.87. The zero-order chi connectivity index (χ0) is 12.3. The maximum Gasteiger partial charge on any atom is 0.0543 e. The van der Waals surface area contributed by atoms with Crippen molar-refractivity contribution in [1.29, 1.82) is 0 Å². The molecule has 2 heteroatoms. The zero-order valence-corrected chi connectivity index (χ0v) is 11.5. The number of aliphatic hydroxyl groups excluding tert-OH is 1. The molecule has 0 aliphatic heterocycles. The molecule has 2 nitrogen and oxygen atoms in total. The standard InChI is InChI=1S/C15H29NO/c1-11(2)13-4-3-5-14(9-13)16-10-12-6-7-15(17)8-12/h11-17H,3-10H2,1-2H3. The minimum absolute atomic E-state index is 0.0171. The molecule has 2 rings (SSSR count). The van der Waals surface area contributed by atoms with Gasteiger partial charge in [0.2, 0.25) is 0 Å². The van der Waals surface area contributed by atoms with Gasteiger partial charge in [-0.1, -0.05) is 26.7 Å². The second kappa shape index (κ2) is 6.19. The van der Waals surface area contributed by atoms with Crippen molar-refractivity contribution < 1.29 is 5.11 Å². The molecule has 0 aromatic heterocycles. The molecule has 0 aromatic carbocycles. The molecular weight excluding hydrogens is 210 g/mol. The van der Waals surface area contributed by atoms with Crippen LogP contribution in [0.3, 0.4) is 0 Å². The summed E-state index contributed by atoms with van der Waals surface area (Å²) in [6, 6.07) is 0.744. The molecule has 4 unspecified atom stereocenters. The molecule has 2 aliphatic rings. The van der Waals surface area contributed by atoms with E-state index in [-0.39, 0.29) is 6.10 Å². The summed E-state index contributed by atoms with van der Waals surface area (Å²) in [6.07, 6.45) is 8.79. The molecule has 0 saturated heterocycles. The van der Waals surface area contributed by atoms with E-state index in [1.54, 1.807) is 0 Å². The molecule has 2 aliphatic carbocycles. The molecule has 17 heavy (non-hydrogen) atoms. The van der Waals surface area contributed by atoms with Crippen LogP contribution in [0, 0.1) is 17.8 Å². The highest BCUT2D eigenvalue weighted by Crippen LogP contribution is 2.30. The van der Waals surface area contributed by atoms with Gasteiger partial charge in [0.25, 0.3) is 0 Å². The normalized spacial score (nSPS) is 38.8. The Bertz CT molecular complexity index is 229. The molecule has 0 aromatic rings. The average Bonchev–Trinajstić information content (AvgIpc) is 2.73. The van der Waals surface area contributed by atoms with E-state index in [1.165, 1.54) is 32.1 Å². The first kappa shape index (κ1) is 13.4. The highest BCUT2D eigenvalue weighted by molar-refractivity contribution is 4.82. The summed E-state index contributed by atoms with van der Waals surface area (Å²) in [7, 11) is 0. The van der Waals surface area contributed by atoms with Crippen molar-refractivity contribution in [2.75, 3.05) is 6.54 Å². The maximum atomic E-state index is 9.52. The lowest BCUT2D eigenvalue weighted by atomic mass is 9.79. The second-order valence-corrected chi connectivity index (χ2v) is 6.61. The van der Waals surface area contributed by atoms with E-state index in [0.29, 0.717) is 0 Å². The largest absolute Gasteiger partial charge is 0.393 e. The van der Waals surface area contributed by atoms with E-state index in [2.05, 4.69) is 19.2 Å². The third kappa shape index (κ3) is 3.96. The van der Waals surface area contributed by atoms with Crippen molar-refractivity contribution in [3.05, 3.63) is 0 Å². The fourth-order valence-electron chi connectivity index (χ4n) is 3.59. The van der Waals surface area contributed by atoms with Crippen LogP contribution in [0.15, 0.2) is 0 Å². The monoisotopic (exact) mass is 239 g/mol. The van der Waals surface area contributed by atoms with E-state index in [1.807, 2.05) is 0 Å². The molecular formula is C15H29NO. The molecule has 2 saturated carbocycles. The van der Waals surface area contributed by atoms with E-state index < -0.39 is 0 Å². The number of rotatable bonds is 4. The SMILES string of the molecule is CC(C)C1CCCC(NCC2CCC(O)C2)C1. The van der Waals surface area contributed by atoms with Gasteiger partial charge in [0, 0.05) is 6.04 Å². The van der Waals surface area contributed by atoms with Crippen molar-refractivity contribution in [3.63, 3.8) is 0 Å². The second-order valence-electron chi connectivity index (χ2n) is 6.61. The van der Waals surface area contributed by atoms with Crippen LogP contribution < -0.4 is 5.32 Å². The minimum atomic E-state index is -0.0171. The van der Waals surface area contributed by atoms with E-state index in [0.717, 1.165) is 43.2 Å². The zero-order valence-electron chi connectivity index (χ0n) is 11.5. The van der Waals surface area contributed by atoms with Crippen molar-refractivity contribution in [2.24, 2.45) is 17.8 Å². The molecule has 100 valence electrons. The van der Waals surface area contributed by atoms with Crippen LogP contribution in [0.5, 0.6) is 0 Å². The van der Waals surface area contributed by atoms with Gasteiger partial charge in [-0.3, -0.25) is 0 Å². The van der Waals surface area contributed by atoms with Crippen LogP contribution >= 0.6 is 0 Å². The lowest BCUT2D eigenvalue weighted by Crippen LogP contribution is -2.37. The Labute approximate surface area is 106 Å². The Kier molecular flexibility index (Phi) is 4.87. The predicted octanol–water partition coefficient (Wildman–Crippen LogP) is 2.95. The van der Waals surface area contributed by atoms with Crippen molar-refractivity contribution in [2.45, 2.75) is 70.9 Å². The first-order valence-electron chi connectivity index (χ1n) is 7.56. The molecule has 0 radical (unpaired) electrons. The lowest BCUT2D eigenvalue weighted by molar-refractivity contribution is 0.175. The van der Waals surface area contributed by atoms with Gasteiger partial charge >= 0.3 is 0 Å². The highest BCUT2D eigenvalue weighted by Gasteiger charge is 2.26. The van der Waals surface area contributed by atoms with Gasteiger partial charge in [-0.15, -0.1) is 0 Å². The number of aliphatic hydroxyl groups is 1. The van der Waals surface area contributed by atoms with Crippen molar-refractivity contribution >= 4 is 0 Å². The Balaban J connectivity index is 1.68. The fraction of sp³-hybridized carbons (Fsp3) is 1.00. The molecule has 0 spiro atoms. The topological polar surface area (TPSA) is 32.3 Å². The van der Waals surface area contributed by atoms with Crippen molar-refractivity contribution in [3.8, 4) is 0 Å². The van der Waals surface area contributed by atoms with Crippen LogP contribution in [-0.4, -0.2) is 23.8 Å². The van der Waals surface area contributed by atoms with Crippen molar-refractivity contribution in [1.82, 2.24) is 5.32 Å².